The molecule has 0 aliphatic carbocycles. The number of halogens is 8. The third-order valence-corrected chi connectivity index (χ3v) is 10.5. The molecule has 0 atom stereocenters. The summed E-state index contributed by atoms with van der Waals surface area (Å²) >= 11 is -0.826. The molecule has 0 aromatic heterocycles. The summed E-state index contributed by atoms with van der Waals surface area (Å²) in [5.41, 5.74) is 5.41. The van der Waals surface area contributed by atoms with E-state index in [-0.39, 0.29) is 11.1 Å². The molecule has 0 nitrogen and oxygen atoms in total. The van der Waals surface area contributed by atoms with Crippen molar-refractivity contribution >= 4 is 58.5 Å². The van der Waals surface area contributed by atoms with Crippen molar-refractivity contribution in [3.05, 3.63) is 180 Å². The van der Waals surface area contributed by atoms with Crippen molar-refractivity contribution in [3.8, 4) is 33.4 Å². The van der Waals surface area contributed by atoms with Crippen LogP contribution in [0.1, 0.15) is 22.3 Å². The Morgan fingerprint density at radius 1 is 0.518 bits per heavy atom. The average molecular weight is 888 g/mol. The van der Waals surface area contributed by atoms with Crippen LogP contribution in [-0.2, 0) is 33.2 Å². The van der Waals surface area contributed by atoms with E-state index < -0.39 is 44.3 Å². The van der Waals surface area contributed by atoms with Gasteiger partial charge < -0.3 is 0 Å². The fourth-order valence-electron chi connectivity index (χ4n) is 6.90. The number of hydrogen-bond acceptors (Lipinski definition) is 0. The summed E-state index contributed by atoms with van der Waals surface area (Å²) < 4.78 is 78.8. The Morgan fingerprint density at radius 2 is 0.929 bits per heavy atom. The van der Waals surface area contributed by atoms with Gasteiger partial charge in [-0.05, 0) is 23.3 Å². The molecule has 0 bridgehead atoms. The monoisotopic (exact) mass is 885 g/mol. The van der Waals surface area contributed by atoms with Crippen molar-refractivity contribution in [2.45, 2.75) is 26.2 Å². The third kappa shape index (κ3) is 9.49. The number of benzene rings is 6. The largest absolute Gasteiger partial charge is 0.184 e. The maximum Gasteiger partial charge on any atom is 0.0920 e. The minimum absolute atomic E-state index is 0.233. The van der Waals surface area contributed by atoms with E-state index in [2.05, 4.69) is 42.5 Å². The van der Waals surface area contributed by atoms with Gasteiger partial charge in [0, 0.05) is 0 Å². The molecular weight excluding hydrogens is 857 g/mol. The van der Waals surface area contributed by atoms with Crippen LogP contribution >= 0.6 is 17.0 Å². The Bertz CT molecular complexity index is 2410. The number of fused-ring (bicyclic) bond motifs is 5. The molecule has 10 heteroatoms. The van der Waals surface area contributed by atoms with Gasteiger partial charge in [-0.3, -0.25) is 0 Å². The summed E-state index contributed by atoms with van der Waals surface area (Å²) in [6.45, 7) is 3.89. The smallest absolute Gasteiger partial charge is 0.0920 e. The first-order chi connectivity index (χ1) is 26.8. The van der Waals surface area contributed by atoms with Crippen molar-refractivity contribution in [2.75, 3.05) is 0 Å². The summed E-state index contributed by atoms with van der Waals surface area (Å²) in [6, 6.07) is 48.3. The predicted molar refractivity (Wildman–Crippen MR) is 217 cm³/mol. The van der Waals surface area contributed by atoms with E-state index in [1.165, 1.54) is 45.8 Å². The summed E-state index contributed by atoms with van der Waals surface area (Å²) in [5, 5.41) is 6.49. The van der Waals surface area contributed by atoms with Gasteiger partial charge in [0.2, 0.25) is 0 Å². The summed E-state index contributed by atoms with van der Waals surface area (Å²) in [5.74, 6) is 0. The maximum absolute atomic E-state index is 13.1. The van der Waals surface area contributed by atoms with Crippen LogP contribution in [0.4, 0.5) is 26.3 Å². The van der Waals surface area contributed by atoms with Crippen LogP contribution in [-0.4, -0.2) is 9.52 Å². The summed E-state index contributed by atoms with van der Waals surface area (Å²) in [7, 11) is 10.7. The van der Waals surface area contributed by atoms with E-state index in [1.54, 1.807) is 36.4 Å². The second-order valence-corrected chi connectivity index (χ2v) is 18.0. The van der Waals surface area contributed by atoms with Gasteiger partial charge in [0.25, 0.3) is 0 Å². The van der Waals surface area contributed by atoms with Crippen molar-refractivity contribution in [3.63, 3.8) is 0 Å². The standard InChI is InChI=1S/2C17H12F3.C12H7Si.2ClH.Zr/c2*1-11-9-12-5-4-7-13(15(12)10-11)14-6-2-3-8-16(14)17(18,19)20;1-3-7-11-9(5-1)10-6-2-4-8-12(10)13-11;;;/h2*2-10H,1H3;1-7H;2*1H;/q3*-1;;;+2/p-2. The van der Waals surface area contributed by atoms with Gasteiger partial charge in [-0.1, -0.05) is 109 Å². The number of rotatable bonds is 2. The van der Waals surface area contributed by atoms with Crippen LogP contribution in [0.2, 0.25) is 0 Å². The molecule has 0 saturated heterocycles. The minimum atomic E-state index is -4.35. The maximum atomic E-state index is 13.1. The molecule has 2 radical (unpaired) electrons. The van der Waals surface area contributed by atoms with Gasteiger partial charge in [0.05, 0.1) is 20.6 Å². The Hall–Kier alpha value is -4.20. The van der Waals surface area contributed by atoms with Gasteiger partial charge in [-0.2, -0.15) is 67.9 Å². The molecule has 0 saturated carbocycles. The molecule has 0 spiro atoms. The SMILES string of the molecule is Cc1cc2c(-c3ccccc3C(F)(F)F)cccc2[cH-]1.Cc1cc2c(-c3ccccc3C(F)(F)F)cccc2[cH-]1.[Cl][Zr][Cl].[c-]1cccc2c1[Si]c1ccccc1-2. The molecule has 1 aliphatic heterocycles. The normalized spacial score (nSPS) is 11.7. The molecular formula is C46H31Cl2F6SiZr-3. The van der Waals surface area contributed by atoms with E-state index in [0.29, 0.717) is 11.1 Å². The number of hydrogen-bond donors (Lipinski definition) is 0. The van der Waals surface area contributed by atoms with Crippen LogP contribution in [0.3, 0.4) is 0 Å². The topological polar surface area (TPSA) is 0 Å². The van der Waals surface area contributed by atoms with Gasteiger partial charge in [0.15, 0.2) is 0 Å². The predicted octanol–water partition coefficient (Wildman–Crippen LogP) is 13.6. The quantitative estimate of drug-likeness (QED) is 0.0922. The van der Waals surface area contributed by atoms with Crippen LogP contribution in [0.5, 0.6) is 0 Å². The number of alkyl halides is 6. The second kappa shape index (κ2) is 17.9. The van der Waals surface area contributed by atoms with Gasteiger partial charge in [-0.15, -0.1) is 74.6 Å². The van der Waals surface area contributed by atoms with Crippen LogP contribution < -0.4 is 10.4 Å². The molecule has 9 rings (SSSR count). The molecule has 0 N–H and O–H groups in total. The van der Waals surface area contributed by atoms with E-state index in [4.69, 9.17) is 17.0 Å². The first kappa shape index (κ1) is 41.4. The number of aryl methyl sites for hydroxylation is 2. The first-order valence-corrected chi connectivity index (χ1v) is 24.6. The Kier molecular flexibility index (Phi) is 13.3. The molecule has 282 valence electrons. The molecule has 1 aliphatic rings. The van der Waals surface area contributed by atoms with Gasteiger partial charge in [-0.25, -0.2) is 0 Å². The third-order valence-electron chi connectivity index (χ3n) is 9.17. The van der Waals surface area contributed by atoms with E-state index in [9.17, 15) is 26.3 Å². The molecule has 0 unspecified atom stereocenters. The molecule has 0 amide bonds. The molecule has 8 aromatic rings. The van der Waals surface area contributed by atoms with Crippen molar-refractivity contribution in [2.24, 2.45) is 0 Å². The first-order valence-electron chi connectivity index (χ1n) is 17.3. The second-order valence-electron chi connectivity index (χ2n) is 13.0. The van der Waals surface area contributed by atoms with Crippen LogP contribution in [0.15, 0.2) is 152 Å². The minimum Gasteiger partial charge on any atom is -0.184 e. The fourth-order valence-corrected chi connectivity index (χ4v) is 8.21. The summed E-state index contributed by atoms with van der Waals surface area (Å²) in [4.78, 5) is 0. The molecule has 8 aromatic carbocycles. The molecule has 56 heavy (non-hydrogen) atoms. The van der Waals surface area contributed by atoms with E-state index in [1.807, 2.05) is 56.3 Å². The van der Waals surface area contributed by atoms with Crippen molar-refractivity contribution in [1.29, 1.82) is 0 Å². The van der Waals surface area contributed by atoms with Crippen molar-refractivity contribution in [1.82, 2.24) is 0 Å². The van der Waals surface area contributed by atoms with Gasteiger partial charge >= 0.3 is 50.2 Å². The zero-order valence-corrected chi connectivity index (χ0v) is 34.9. The van der Waals surface area contributed by atoms with Crippen molar-refractivity contribution < 1.29 is 47.2 Å². The zero-order chi connectivity index (χ0) is 40.0. The average Bonchev–Trinajstić information content (AvgIpc) is 3.88. The van der Waals surface area contributed by atoms with Crippen LogP contribution in [0, 0.1) is 19.9 Å². The fraction of sp³-hybridized carbons (Fsp3) is 0.0870. The Labute approximate surface area is 343 Å². The molecule has 0 fully saturated rings. The van der Waals surface area contributed by atoms with E-state index >= 15 is 0 Å². The Morgan fingerprint density at radius 3 is 1.41 bits per heavy atom. The summed E-state index contributed by atoms with van der Waals surface area (Å²) in [6.07, 6.45) is -8.69. The molecule has 1 heterocycles. The Balaban J connectivity index is 0.000000140. The van der Waals surface area contributed by atoms with Gasteiger partial charge in [0.1, 0.15) is 0 Å². The van der Waals surface area contributed by atoms with E-state index in [0.717, 1.165) is 54.3 Å². The zero-order valence-electron chi connectivity index (χ0n) is 30.0. The van der Waals surface area contributed by atoms with Crippen LogP contribution in [0.25, 0.3) is 54.9 Å².